The average Bonchev–Trinajstić information content (AvgIpc) is 2.98. The lowest BCUT2D eigenvalue weighted by Crippen LogP contribution is -2.41. The fraction of sp³-hybridized carbons (Fsp3) is 0.438. The molecule has 1 aromatic carbocycles. The van der Waals surface area contributed by atoms with Crippen LogP contribution in [0.4, 0.5) is 10.5 Å². The molecule has 9 heteroatoms. The Bertz CT molecular complexity index is 722. The minimum atomic E-state index is -1.15. The van der Waals surface area contributed by atoms with E-state index in [1.165, 1.54) is 11.9 Å². The normalized spacial score (nSPS) is 22.9. The van der Waals surface area contributed by atoms with Crippen LogP contribution in [0.1, 0.15) is 16.8 Å². The number of nitrogens with zero attached hydrogens (tertiary/aromatic N) is 2. The summed E-state index contributed by atoms with van der Waals surface area (Å²) in [5, 5.41) is 9.58. The van der Waals surface area contributed by atoms with Gasteiger partial charge in [0.05, 0.1) is 11.8 Å². The van der Waals surface area contributed by atoms with Crippen LogP contribution in [-0.2, 0) is 9.53 Å². The van der Waals surface area contributed by atoms with Gasteiger partial charge >= 0.3 is 6.09 Å². The maximum atomic E-state index is 12.5. The molecule has 0 bridgehead atoms. The van der Waals surface area contributed by atoms with E-state index in [1.807, 2.05) is 0 Å². The Balaban J connectivity index is 1.85. The van der Waals surface area contributed by atoms with Gasteiger partial charge in [-0.05, 0) is 24.6 Å². The van der Waals surface area contributed by atoms with Gasteiger partial charge in [-0.25, -0.2) is 4.79 Å². The highest BCUT2D eigenvalue weighted by molar-refractivity contribution is 6.01. The first kappa shape index (κ1) is 17.0. The van der Waals surface area contributed by atoms with E-state index in [0.717, 1.165) is 0 Å². The number of β-amino-alcohol motifs (C(OH)–C–C–N with tert-alkyl or cyclic N) is 1. The van der Waals surface area contributed by atoms with Gasteiger partial charge in [0, 0.05) is 25.7 Å². The largest absolute Gasteiger partial charge is 0.487 e. The number of anilines is 1. The molecular weight excluding hydrogens is 330 g/mol. The summed E-state index contributed by atoms with van der Waals surface area (Å²) in [6, 6.07) is 4.73. The van der Waals surface area contributed by atoms with Crippen LogP contribution in [-0.4, -0.2) is 66.9 Å². The molecule has 0 aromatic heterocycles. The number of benzene rings is 1. The number of hydrogen-bond donors (Lipinski definition) is 2. The Morgan fingerprint density at radius 3 is 2.80 bits per heavy atom. The summed E-state index contributed by atoms with van der Waals surface area (Å²) in [4.78, 5) is 38.7. The van der Waals surface area contributed by atoms with Crippen molar-refractivity contribution in [2.45, 2.75) is 18.6 Å². The SMILES string of the molecule is CN1C(=O)[C@@H](OC(N)=O)COc2ccc(C(=O)N3CCC(O)C3)cc21. The summed E-state index contributed by atoms with van der Waals surface area (Å²) in [6.07, 6.45) is -2.18. The van der Waals surface area contributed by atoms with Crippen LogP contribution < -0.4 is 15.4 Å². The van der Waals surface area contributed by atoms with Crippen LogP contribution in [0.2, 0.25) is 0 Å². The Morgan fingerprint density at radius 2 is 2.16 bits per heavy atom. The molecule has 2 aliphatic heterocycles. The van der Waals surface area contributed by atoms with Crippen molar-refractivity contribution >= 4 is 23.6 Å². The van der Waals surface area contributed by atoms with Gasteiger partial charge in [0.1, 0.15) is 12.4 Å². The van der Waals surface area contributed by atoms with E-state index in [2.05, 4.69) is 0 Å². The molecule has 134 valence electrons. The van der Waals surface area contributed by atoms with Gasteiger partial charge in [-0.3, -0.25) is 9.59 Å². The Hall–Kier alpha value is -2.81. The fourth-order valence-corrected chi connectivity index (χ4v) is 2.94. The highest BCUT2D eigenvalue weighted by Crippen LogP contribution is 2.32. The number of nitrogens with two attached hydrogens (primary N) is 1. The van der Waals surface area contributed by atoms with Crippen molar-refractivity contribution in [1.82, 2.24) is 4.90 Å². The van der Waals surface area contributed by atoms with Gasteiger partial charge in [-0.1, -0.05) is 0 Å². The molecule has 2 atom stereocenters. The van der Waals surface area contributed by atoms with E-state index in [-0.39, 0.29) is 19.1 Å². The second-order valence-corrected chi connectivity index (χ2v) is 6.01. The highest BCUT2D eigenvalue weighted by Gasteiger charge is 2.33. The third-order valence-electron chi connectivity index (χ3n) is 4.27. The van der Waals surface area contributed by atoms with Gasteiger partial charge in [0.15, 0.2) is 0 Å². The molecule has 25 heavy (non-hydrogen) atoms. The quantitative estimate of drug-likeness (QED) is 0.757. The molecule has 0 aliphatic carbocycles. The molecule has 0 saturated carbocycles. The Kier molecular flexibility index (Phi) is 4.49. The number of aliphatic hydroxyl groups excluding tert-OH is 1. The molecule has 3 rings (SSSR count). The lowest BCUT2D eigenvalue weighted by molar-refractivity contribution is -0.127. The highest BCUT2D eigenvalue weighted by atomic mass is 16.6. The third-order valence-corrected chi connectivity index (χ3v) is 4.27. The van der Waals surface area contributed by atoms with Crippen molar-refractivity contribution in [3.8, 4) is 5.75 Å². The van der Waals surface area contributed by atoms with Crippen LogP contribution >= 0.6 is 0 Å². The van der Waals surface area contributed by atoms with Gasteiger partial charge in [-0.15, -0.1) is 0 Å². The number of carbonyl (C=O) groups is 3. The van der Waals surface area contributed by atoms with Gasteiger partial charge in [-0.2, -0.15) is 0 Å². The molecule has 2 aliphatic rings. The van der Waals surface area contributed by atoms with Crippen molar-refractivity contribution in [3.05, 3.63) is 23.8 Å². The third kappa shape index (κ3) is 3.36. The van der Waals surface area contributed by atoms with Gasteiger partial charge in [0.2, 0.25) is 6.10 Å². The topological polar surface area (TPSA) is 122 Å². The Labute approximate surface area is 143 Å². The number of fused-ring (bicyclic) bond motifs is 1. The maximum absolute atomic E-state index is 12.5. The number of hydrogen-bond acceptors (Lipinski definition) is 6. The maximum Gasteiger partial charge on any atom is 0.405 e. The molecular formula is C16H19N3O6. The van der Waals surface area contributed by atoms with Crippen molar-refractivity contribution in [2.24, 2.45) is 5.73 Å². The van der Waals surface area contributed by atoms with E-state index in [9.17, 15) is 19.5 Å². The summed E-state index contributed by atoms with van der Waals surface area (Å²) in [6.45, 7) is 0.608. The molecule has 0 spiro atoms. The number of aliphatic hydroxyl groups is 1. The number of likely N-dealkylation sites (tertiary alicyclic amines) is 1. The van der Waals surface area contributed by atoms with E-state index in [1.54, 1.807) is 23.1 Å². The fourth-order valence-electron chi connectivity index (χ4n) is 2.94. The van der Waals surface area contributed by atoms with Crippen molar-refractivity contribution < 1.29 is 29.0 Å². The first-order valence-electron chi connectivity index (χ1n) is 7.84. The number of ether oxygens (including phenoxy) is 2. The molecule has 1 saturated heterocycles. The zero-order chi connectivity index (χ0) is 18.1. The van der Waals surface area contributed by atoms with E-state index < -0.39 is 24.2 Å². The van der Waals surface area contributed by atoms with Crippen molar-refractivity contribution in [2.75, 3.05) is 31.6 Å². The van der Waals surface area contributed by atoms with Crippen LogP contribution in [0, 0.1) is 0 Å². The zero-order valence-corrected chi connectivity index (χ0v) is 13.7. The predicted molar refractivity (Wildman–Crippen MR) is 86.3 cm³/mol. The van der Waals surface area contributed by atoms with Gasteiger partial charge < -0.3 is 30.1 Å². The number of likely N-dealkylation sites (N-methyl/N-ethyl adjacent to an activating group) is 1. The van der Waals surface area contributed by atoms with Crippen LogP contribution in [0.3, 0.4) is 0 Å². The number of primary amides is 1. The van der Waals surface area contributed by atoms with Crippen molar-refractivity contribution in [3.63, 3.8) is 0 Å². The summed E-state index contributed by atoms with van der Waals surface area (Å²) in [5.41, 5.74) is 5.75. The van der Waals surface area contributed by atoms with E-state index >= 15 is 0 Å². The molecule has 2 heterocycles. The molecule has 9 nitrogen and oxygen atoms in total. The summed E-state index contributed by atoms with van der Waals surface area (Å²) < 4.78 is 10.3. The standard InChI is InChI=1S/C16H19N3O6/c1-18-11-6-9(14(21)19-5-4-10(20)7-19)2-3-12(11)24-8-13(15(18)22)25-16(17)23/h2-3,6,10,13,20H,4-5,7-8H2,1H3,(H2,17,23)/t10?,13-/m0/s1. The number of carbonyl (C=O) groups excluding carboxylic acids is 3. The monoisotopic (exact) mass is 349 g/mol. The number of amides is 3. The van der Waals surface area contributed by atoms with E-state index in [4.69, 9.17) is 15.2 Å². The summed E-state index contributed by atoms with van der Waals surface area (Å²) in [5.74, 6) is -0.336. The van der Waals surface area contributed by atoms with Gasteiger partial charge in [0.25, 0.3) is 11.8 Å². The van der Waals surface area contributed by atoms with E-state index in [0.29, 0.717) is 30.0 Å². The Morgan fingerprint density at radius 1 is 1.40 bits per heavy atom. The molecule has 1 unspecified atom stereocenters. The van der Waals surface area contributed by atoms with Crippen molar-refractivity contribution in [1.29, 1.82) is 0 Å². The minimum absolute atomic E-state index is 0.162. The smallest absolute Gasteiger partial charge is 0.405 e. The predicted octanol–water partition coefficient (Wildman–Crippen LogP) is -0.287. The molecule has 3 N–H and O–H groups in total. The number of rotatable bonds is 2. The molecule has 3 amide bonds. The van der Waals surface area contributed by atoms with Crippen LogP contribution in [0.25, 0.3) is 0 Å². The zero-order valence-electron chi connectivity index (χ0n) is 13.7. The second-order valence-electron chi connectivity index (χ2n) is 6.01. The van der Waals surface area contributed by atoms with Crippen LogP contribution in [0.15, 0.2) is 18.2 Å². The minimum Gasteiger partial charge on any atom is -0.487 e. The lowest BCUT2D eigenvalue weighted by atomic mass is 10.1. The van der Waals surface area contributed by atoms with Crippen LogP contribution in [0.5, 0.6) is 5.75 Å². The molecule has 1 aromatic rings. The summed E-state index contributed by atoms with van der Waals surface area (Å²) in [7, 11) is 1.50. The first-order valence-corrected chi connectivity index (χ1v) is 7.84. The average molecular weight is 349 g/mol. The second kappa shape index (κ2) is 6.60. The molecule has 0 radical (unpaired) electrons. The first-order chi connectivity index (χ1) is 11.9. The molecule has 1 fully saturated rings. The summed E-state index contributed by atoms with van der Waals surface area (Å²) >= 11 is 0. The lowest BCUT2D eigenvalue weighted by Gasteiger charge is -2.20.